The molecule has 33 nitrogen and oxygen atoms in total. The Hall–Kier alpha value is -13.6. The van der Waals surface area contributed by atoms with Crippen molar-refractivity contribution < 1.29 is 4.42 Å². The van der Waals surface area contributed by atoms with Crippen LogP contribution in [0.4, 0.5) is 0 Å². The standard InChI is InChI=1S/C26H31N7O.C25H25N7O2.C25H25N7OS.C25H27N7OS/c1-18(2)33-13-9-22(29-33)24-25(32-12-5-6-23(32)28-24)19-7-8-21-20(16-19)26(34)31(17-27-21)15-14-30-10-3-4-11-30;2*33-24-19-15-17(3-6-20(19)26-16-30(24)12-11-29-8-1-2-9-29)23-22(27-25-31(23)13-14-34-25)21-7-10-32(28-21)18-4-5-18;1-17(2)32-10-7-21(28-32)22-23(31-13-14-34-25(31)27-22)18-5-6-20-19(15-18)24(33)30(16-26-20)12-11-29-8-3-4-9-29/h7-9,13,16-18H,3-6,10-12,14-15H2,1-2H3;2*3,6-7,10,13-16,18H,1-2,4-5,8-9,11-12H2;5-7,10,13-17H,3-4,8-9,11-12H2,1-2H3. The molecule has 4 aromatic carbocycles. The number of rotatable bonds is 24. The molecule has 0 atom stereocenters. The first kappa shape index (κ1) is 86.5. The molecule has 20 heterocycles. The topological polar surface area (TPSA) is 307 Å². The van der Waals surface area contributed by atoms with Crippen molar-refractivity contribution in [1.29, 1.82) is 0 Å². The van der Waals surface area contributed by atoms with Crippen molar-refractivity contribution in [2.45, 2.75) is 174 Å². The van der Waals surface area contributed by atoms with E-state index in [4.69, 9.17) is 44.7 Å². The zero-order valence-corrected chi connectivity index (χ0v) is 78.6. The maximum atomic E-state index is 13.4. The van der Waals surface area contributed by atoms with Crippen LogP contribution in [0.5, 0.6) is 0 Å². The highest BCUT2D eigenvalue weighted by Crippen LogP contribution is 2.43. The molecule has 0 amide bonds. The highest BCUT2D eigenvalue weighted by Gasteiger charge is 2.32. The number of likely N-dealkylation sites (tertiary alicyclic amines) is 4. The minimum absolute atomic E-state index is 0.00256. The number of imidazole rings is 4. The first-order valence-corrected chi connectivity index (χ1v) is 50.0. The van der Waals surface area contributed by atoms with Gasteiger partial charge in [0.25, 0.3) is 22.2 Å². The summed E-state index contributed by atoms with van der Waals surface area (Å²) in [7, 11) is 0. The molecule has 0 bridgehead atoms. The minimum atomic E-state index is -0.0152. The fourth-order valence-electron chi connectivity index (χ4n) is 19.9. The predicted octanol–water partition coefficient (Wildman–Crippen LogP) is 15.7. The van der Waals surface area contributed by atoms with E-state index in [-0.39, 0.29) is 34.3 Å². The van der Waals surface area contributed by atoms with Crippen molar-refractivity contribution in [3.63, 3.8) is 0 Å². The first-order valence-electron chi connectivity index (χ1n) is 48.2. The van der Waals surface area contributed by atoms with E-state index in [1.165, 1.54) is 77.0 Å². The number of fused-ring (bicyclic) bond motifs is 8. The zero-order chi connectivity index (χ0) is 91.8. The van der Waals surface area contributed by atoms with Gasteiger partial charge in [-0.05, 0) is 236 Å². The number of aromatic nitrogens is 24. The number of hydrogen-bond acceptors (Lipinski definition) is 23. The van der Waals surface area contributed by atoms with Crippen LogP contribution in [0.25, 0.3) is 150 Å². The normalized spacial score (nSPS) is 16.2. The van der Waals surface area contributed by atoms with E-state index < -0.39 is 0 Å². The van der Waals surface area contributed by atoms with Crippen LogP contribution in [0.15, 0.2) is 206 Å². The van der Waals surface area contributed by atoms with Gasteiger partial charge in [-0.25, -0.2) is 34.9 Å². The van der Waals surface area contributed by atoms with Crippen molar-refractivity contribution in [2.24, 2.45) is 0 Å². The summed E-state index contributed by atoms with van der Waals surface area (Å²) in [5.41, 5.74) is 17.2. The SMILES string of the molecule is CC(C)n1ccc(-c2nc3n(c2-c2ccc4ncn(CCN5CCCC5)c(=O)c4c2)CCC3)n1.CC(C)n1ccc(-c2nc3sccn3c2-c2ccc3ncn(CCN4CCCC4)c(=O)c3c2)n1.O=c1c2cc(-c3c(-c4ccn(C5CC5)n4)nc4occn34)ccc2ncn1CCN1CCCC1.O=c1c2cc(-c3c(-c4ccn(C5CC5)n4)nc4sccn34)ccc2ncn1CCN1CCCC1. The Morgan fingerprint density at radius 3 is 1.07 bits per heavy atom. The minimum Gasteiger partial charge on any atom is -0.432 e. The van der Waals surface area contributed by atoms with Crippen LogP contribution in [0.2, 0.25) is 0 Å². The second-order valence-corrected chi connectivity index (χ2v) is 39.3. The molecule has 19 aromatic rings. The summed E-state index contributed by atoms with van der Waals surface area (Å²) in [5.74, 6) is 1.60. The lowest BCUT2D eigenvalue weighted by atomic mass is 10.1. The number of oxazole rings is 1. The summed E-state index contributed by atoms with van der Waals surface area (Å²) in [4.78, 5) is 103. The Kier molecular flexibility index (Phi) is 23.5. The van der Waals surface area contributed by atoms with Gasteiger partial charge in [0.15, 0.2) is 9.92 Å². The fraction of sp³-hybridized carbons (Fsp3) is 0.386. The molecule has 0 spiro atoms. The Labute approximate surface area is 789 Å². The fourth-order valence-corrected chi connectivity index (χ4v) is 21.3. The Bertz CT molecular complexity index is 7360. The maximum Gasteiger partial charge on any atom is 0.306 e. The monoisotopic (exact) mass is 1860 g/mol. The lowest BCUT2D eigenvalue weighted by Gasteiger charge is -2.15. The molecule has 35 heteroatoms. The third-order valence-electron chi connectivity index (χ3n) is 27.7. The van der Waals surface area contributed by atoms with Crippen molar-refractivity contribution in [2.75, 3.05) is 78.5 Å². The first-order chi connectivity index (χ1) is 66.6. The van der Waals surface area contributed by atoms with Gasteiger partial charge < -0.3 is 28.6 Å². The van der Waals surface area contributed by atoms with Crippen LogP contribution >= 0.6 is 22.7 Å². The average molecular weight is 1860 g/mol. The quantitative estimate of drug-likeness (QED) is 0.0542. The van der Waals surface area contributed by atoms with E-state index in [2.05, 4.69) is 91.3 Å². The van der Waals surface area contributed by atoms with E-state index in [1.54, 1.807) is 72.5 Å². The number of hydrogen-bond donors (Lipinski definition) is 0. The number of thiazole rings is 2. The molecule has 2 aliphatic carbocycles. The van der Waals surface area contributed by atoms with Crippen LogP contribution in [0.1, 0.15) is 141 Å². The van der Waals surface area contributed by atoms with Gasteiger partial charge >= 0.3 is 5.84 Å². The summed E-state index contributed by atoms with van der Waals surface area (Å²) in [6.07, 6.45) is 39.1. The molecule has 15 aromatic heterocycles. The molecule has 0 unspecified atom stereocenters. The molecule has 7 aliphatic rings. The van der Waals surface area contributed by atoms with Gasteiger partial charge in [0.1, 0.15) is 57.6 Å². The summed E-state index contributed by atoms with van der Waals surface area (Å²) >= 11 is 3.19. The van der Waals surface area contributed by atoms with Gasteiger partial charge in [-0.15, -0.1) is 22.7 Å². The molecule has 0 radical (unpaired) electrons. The van der Waals surface area contributed by atoms with Crippen LogP contribution in [-0.4, -0.2) is 213 Å². The molecule has 5 aliphatic heterocycles. The van der Waals surface area contributed by atoms with Crippen molar-refractivity contribution in [1.82, 2.24) is 135 Å². The van der Waals surface area contributed by atoms with Gasteiger partial charge in [-0.1, -0.05) is 24.3 Å². The van der Waals surface area contributed by atoms with Gasteiger partial charge in [0.05, 0.1) is 104 Å². The maximum absolute atomic E-state index is 13.4. The van der Waals surface area contributed by atoms with E-state index in [0.29, 0.717) is 76.7 Å². The number of nitrogens with zero attached hydrogens (tertiary/aromatic N) is 28. The molecule has 26 rings (SSSR count). The average Bonchev–Trinajstić information content (AvgIpc) is 1.63. The van der Waals surface area contributed by atoms with Crippen molar-refractivity contribution >= 4 is 82.1 Å². The Morgan fingerprint density at radius 1 is 0.353 bits per heavy atom. The molecule has 6 fully saturated rings. The lowest BCUT2D eigenvalue weighted by molar-refractivity contribution is 0.320. The Morgan fingerprint density at radius 2 is 0.699 bits per heavy atom. The largest absolute Gasteiger partial charge is 0.432 e. The summed E-state index contributed by atoms with van der Waals surface area (Å²) in [6.45, 7) is 24.5. The van der Waals surface area contributed by atoms with Crippen LogP contribution in [0.3, 0.4) is 0 Å². The van der Waals surface area contributed by atoms with E-state index in [1.807, 2.05) is 164 Å². The second-order valence-electron chi connectivity index (χ2n) is 37.5. The molecule has 2 saturated carbocycles. The van der Waals surface area contributed by atoms with Crippen molar-refractivity contribution in [3.8, 4) is 90.6 Å². The molecule has 4 saturated heterocycles. The lowest BCUT2D eigenvalue weighted by Crippen LogP contribution is -2.29. The van der Waals surface area contributed by atoms with E-state index in [9.17, 15) is 19.2 Å². The third kappa shape index (κ3) is 17.2. The van der Waals surface area contributed by atoms with Crippen molar-refractivity contribution in [3.05, 3.63) is 230 Å². The van der Waals surface area contributed by atoms with Crippen LogP contribution in [-0.2, 0) is 39.1 Å². The van der Waals surface area contributed by atoms with Gasteiger partial charge in [0.2, 0.25) is 0 Å². The number of benzene rings is 4. The van der Waals surface area contributed by atoms with Crippen LogP contribution in [0, 0.1) is 0 Å². The van der Waals surface area contributed by atoms with Crippen LogP contribution < -0.4 is 22.2 Å². The number of aryl methyl sites for hydroxylation is 1. The zero-order valence-electron chi connectivity index (χ0n) is 76.9. The summed E-state index contributed by atoms with van der Waals surface area (Å²) < 4.78 is 28.9. The molecular formula is C101H108N28O5S2. The highest BCUT2D eigenvalue weighted by molar-refractivity contribution is 7.15. The van der Waals surface area contributed by atoms with Gasteiger partial charge in [-0.2, -0.15) is 25.4 Å². The Balaban J connectivity index is 0.000000102. The summed E-state index contributed by atoms with van der Waals surface area (Å²) in [5, 5.41) is 25.7. The molecule has 694 valence electrons. The van der Waals surface area contributed by atoms with E-state index >= 15 is 0 Å². The smallest absolute Gasteiger partial charge is 0.306 e. The van der Waals surface area contributed by atoms with E-state index in [0.717, 1.165) is 215 Å². The molecular weight excluding hydrogens is 1750 g/mol. The molecule has 0 N–H and O–H groups in total. The van der Waals surface area contributed by atoms with Gasteiger partial charge in [-0.3, -0.25) is 69.4 Å². The third-order valence-corrected chi connectivity index (χ3v) is 29.2. The highest BCUT2D eigenvalue weighted by atomic mass is 32.1. The van der Waals surface area contributed by atoms with Gasteiger partial charge in [0, 0.05) is 154 Å². The second kappa shape index (κ2) is 36.9. The predicted molar refractivity (Wildman–Crippen MR) is 529 cm³/mol. The summed E-state index contributed by atoms with van der Waals surface area (Å²) in [6, 6.07) is 33.4. The molecule has 136 heavy (non-hydrogen) atoms.